The predicted molar refractivity (Wildman–Crippen MR) is 64.6 cm³/mol. The number of non-ortho nitro benzene ring substituents is 1. The van der Waals surface area contributed by atoms with Crippen LogP contribution in [0, 0.1) is 10.1 Å². The number of carbonyl (C=O) groups is 2. The smallest absolute Gasteiger partial charge is 0.299 e. The minimum Gasteiger partial charge on any atom is -0.304 e. The molecule has 0 saturated heterocycles. The number of fused-ring (bicyclic) bond motifs is 1. The lowest BCUT2D eigenvalue weighted by Crippen LogP contribution is -2.30. The summed E-state index contributed by atoms with van der Waals surface area (Å²) in [6.07, 6.45) is 2.19. The number of nitro benzene ring substituents is 1. The summed E-state index contributed by atoms with van der Waals surface area (Å²) in [7, 11) is 0. The van der Waals surface area contributed by atoms with Crippen LogP contribution >= 0.6 is 0 Å². The summed E-state index contributed by atoms with van der Waals surface area (Å²) in [4.78, 5) is 34.8. The number of carbonyl (C=O) groups excluding carboxylic acids is 2. The molecule has 92 valence electrons. The molecule has 1 heterocycles. The van der Waals surface area contributed by atoms with Crippen molar-refractivity contribution in [2.24, 2.45) is 0 Å². The number of rotatable bonds is 4. The Hall–Kier alpha value is -2.50. The van der Waals surface area contributed by atoms with Crippen molar-refractivity contribution in [1.29, 1.82) is 0 Å². The van der Waals surface area contributed by atoms with Gasteiger partial charge in [-0.3, -0.25) is 19.7 Å². The molecule has 0 aliphatic carbocycles. The number of hydrogen-bond acceptors (Lipinski definition) is 4. The van der Waals surface area contributed by atoms with Gasteiger partial charge in [0.15, 0.2) is 0 Å². The Morgan fingerprint density at radius 3 is 2.72 bits per heavy atom. The van der Waals surface area contributed by atoms with Gasteiger partial charge >= 0.3 is 0 Å². The summed E-state index contributed by atoms with van der Waals surface area (Å²) in [5.74, 6) is -1.34. The van der Waals surface area contributed by atoms with Gasteiger partial charge in [-0.25, -0.2) is 0 Å². The van der Waals surface area contributed by atoms with Crippen molar-refractivity contribution in [2.75, 3.05) is 11.4 Å². The van der Waals surface area contributed by atoms with Gasteiger partial charge in [-0.05, 0) is 12.5 Å². The third kappa shape index (κ3) is 1.77. The fraction of sp³-hybridized carbons (Fsp3) is 0.167. The topological polar surface area (TPSA) is 80.5 Å². The zero-order valence-corrected chi connectivity index (χ0v) is 9.46. The molecular weight excluding hydrogens is 236 g/mol. The Bertz CT molecular complexity index is 565. The molecule has 0 saturated carbocycles. The van der Waals surface area contributed by atoms with Crippen LogP contribution in [-0.4, -0.2) is 23.2 Å². The monoisotopic (exact) mass is 246 g/mol. The van der Waals surface area contributed by atoms with Crippen molar-refractivity contribution >= 4 is 23.1 Å². The maximum atomic E-state index is 11.7. The van der Waals surface area contributed by atoms with Gasteiger partial charge in [0, 0.05) is 18.7 Å². The van der Waals surface area contributed by atoms with Crippen LogP contribution in [0.3, 0.4) is 0 Å². The van der Waals surface area contributed by atoms with Gasteiger partial charge in [-0.1, -0.05) is 6.08 Å². The van der Waals surface area contributed by atoms with Gasteiger partial charge in [0.25, 0.3) is 17.4 Å². The van der Waals surface area contributed by atoms with Crippen LogP contribution in [0.2, 0.25) is 0 Å². The third-order valence-electron chi connectivity index (χ3n) is 2.72. The number of anilines is 1. The maximum Gasteiger partial charge on any atom is 0.299 e. The van der Waals surface area contributed by atoms with Gasteiger partial charge in [-0.2, -0.15) is 0 Å². The summed E-state index contributed by atoms with van der Waals surface area (Å²) < 4.78 is 0. The van der Waals surface area contributed by atoms with Crippen molar-refractivity contribution in [3.63, 3.8) is 0 Å². The Labute approximate surface area is 103 Å². The molecule has 0 aromatic heterocycles. The number of Topliss-reactive ketones (excluding diaryl/α,β-unsaturated/α-hetero) is 1. The van der Waals surface area contributed by atoms with Crippen LogP contribution in [0.5, 0.6) is 0 Å². The number of ketones is 1. The lowest BCUT2D eigenvalue weighted by molar-refractivity contribution is -0.384. The van der Waals surface area contributed by atoms with Crippen molar-refractivity contribution < 1.29 is 14.5 Å². The standard InChI is InChI=1S/C12H10N2O4/c1-2-3-6-13-10-5-4-8(14(17)18)7-9(10)11(15)12(13)16/h2,4-5,7H,1,3,6H2. The third-order valence-corrected chi connectivity index (χ3v) is 2.72. The van der Waals surface area contributed by atoms with Gasteiger partial charge in [0.2, 0.25) is 0 Å². The summed E-state index contributed by atoms with van der Waals surface area (Å²) in [6.45, 7) is 3.89. The van der Waals surface area contributed by atoms with Crippen molar-refractivity contribution in [3.8, 4) is 0 Å². The van der Waals surface area contributed by atoms with E-state index in [1.165, 1.54) is 17.0 Å². The zero-order valence-electron chi connectivity index (χ0n) is 9.46. The van der Waals surface area contributed by atoms with E-state index in [2.05, 4.69) is 6.58 Å². The van der Waals surface area contributed by atoms with Crippen LogP contribution in [0.15, 0.2) is 30.9 Å². The summed E-state index contributed by atoms with van der Waals surface area (Å²) >= 11 is 0. The van der Waals surface area contributed by atoms with Crippen LogP contribution < -0.4 is 4.90 Å². The van der Waals surface area contributed by atoms with Crippen molar-refractivity contribution in [1.82, 2.24) is 0 Å². The molecule has 0 spiro atoms. The summed E-state index contributed by atoms with van der Waals surface area (Å²) in [6, 6.07) is 3.86. The van der Waals surface area contributed by atoms with Crippen LogP contribution in [0.25, 0.3) is 0 Å². The highest BCUT2D eigenvalue weighted by Gasteiger charge is 2.36. The van der Waals surface area contributed by atoms with Gasteiger partial charge in [0.05, 0.1) is 16.2 Å². The highest BCUT2D eigenvalue weighted by atomic mass is 16.6. The number of nitrogens with zero attached hydrogens (tertiary/aromatic N) is 2. The molecule has 0 bridgehead atoms. The Morgan fingerprint density at radius 2 is 2.11 bits per heavy atom. The Morgan fingerprint density at radius 1 is 1.39 bits per heavy atom. The number of benzene rings is 1. The first-order valence-electron chi connectivity index (χ1n) is 5.31. The maximum absolute atomic E-state index is 11.7. The molecule has 0 fully saturated rings. The van der Waals surface area contributed by atoms with Crippen LogP contribution in [0.1, 0.15) is 16.8 Å². The molecule has 1 aromatic rings. The molecule has 0 radical (unpaired) electrons. The van der Waals surface area contributed by atoms with E-state index < -0.39 is 16.6 Å². The Kier molecular flexibility index (Phi) is 2.93. The summed E-state index contributed by atoms with van der Waals surface area (Å²) in [5, 5.41) is 10.6. The Balaban J connectivity index is 2.44. The summed E-state index contributed by atoms with van der Waals surface area (Å²) in [5.41, 5.74) is 0.330. The average molecular weight is 246 g/mol. The largest absolute Gasteiger partial charge is 0.304 e. The number of amides is 1. The van der Waals surface area contributed by atoms with E-state index in [4.69, 9.17) is 0 Å². The highest BCUT2D eigenvalue weighted by molar-refractivity contribution is 6.52. The van der Waals surface area contributed by atoms with Crippen LogP contribution in [0.4, 0.5) is 11.4 Å². The average Bonchev–Trinajstić information content (AvgIpc) is 2.60. The molecule has 6 heteroatoms. The predicted octanol–water partition coefficient (Wildman–Crippen LogP) is 1.70. The molecule has 1 aliphatic heterocycles. The molecule has 1 aliphatic rings. The van der Waals surface area contributed by atoms with E-state index in [1.54, 1.807) is 6.08 Å². The molecule has 2 rings (SSSR count). The van der Waals surface area contributed by atoms with E-state index in [9.17, 15) is 19.7 Å². The normalized spacial score (nSPS) is 13.7. The van der Waals surface area contributed by atoms with Crippen molar-refractivity contribution in [2.45, 2.75) is 6.42 Å². The minimum atomic E-state index is -0.697. The molecule has 0 N–H and O–H groups in total. The highest BCUT2D eigenvalue weighted by Crippen LogP contribution is 2.31. The first-order chi connectivity index (χ1) is 8.56. The SMILES string of the molecule is C=CCCN1C(=O)C(=O)c2cc([N+](=O)[O-])ccc21. The van der Waals surface area contributed by atoms with E-state index in [0.29, 0.717) is 18.7 Å². The zero-order chi connectivity index (χ0) is 13.3. The molecular formula is C12H10N2O4. The minimum absolute atomic E-state index is 0.0956. The molecule has 6 nitrogen and oxygen atoms in total. The fourth-order valence-corrected chi connectivity index (χ4v) is 1.84. The van der Waals surface area contributed by atoms with Crippen LogP contribution in [-0.2, 0) is 4.79 Å². The quantitative estimate of drug-likeness (QED) is 0.350. The lowest BCUT2D eigenvalue weighted by atomic mass is 10.1. The van der Waals surface area contributed by atoms with Gasteiger partial charge in [0.1, 0.15) is 0 Å². The van der Waals surface area contributed by atoms with E-state index in [0.717, 1.165) is 6.07 Å². The molecule has 0 unspecified atom stereocenters. The first kappa shape index (κ1) is 12.0. The van der Waals surface area contributed by atoms with E-state index in [1.807, 2.05) is 0 Å². The van der Waals surface area contributed by atoms with E-state index >= 15 is 0 Å². The van der Waals surface area contributed by atoms with Crippen molar-refractivity contribution in [3.05, 3.63) is 46.5 Å². The lowest BCUT2D eigenvalue weighted by Gasteiger charge is -2.14. The fourth-order valence-electron chi connectivity index (χ4n) is 1.84. The molecule has 18 heavy (non-hydrogen) atoms. The number of nitro groups is 1. The second-order valence-corrected chi connectivity index (χ2v) is 3.82. The second-order valence-electron chi connectivity index (χ2n) is 3.82. The van der Waals surface area contributed by atoms with E-state index in [-0.39, 0.29) is 11.3 Å². The van der Waals surface area contributed by atoms with Gasteiger partial charge in [-0.15, -0.1) is 6.58 Å². The van der Waals surface area contributed by atoms with Gasteiger partial charge < -0.3 is 4.90 Å². The molecule has 0 atom stereocenters. The number of hydrogen-bond donors (Lipinski definition) is 0. The molecule has 1 aromatic carbocycles. The molecule has 1 amide bonds. The first-order valence-corrected chi connectivity index (χ1v) is 5.31. The second kappa shape index (κ2) is 4.40.